The van der Waals surface area contributed by atoms with E-state index in [1.54, 1.807) is 0 Å². The van der Waals surface area contributed by atoms with Gasteiger partial charge in [-0.3, -0.25) is 0 Å². The Kier molecular flexibility index (Phi) is 3.97. The van der Waals surface area contributed by atoms with Crippen molar-refractivity contribution in [3.05, 3.63) is 24.3 Å². The van der Waals surface area contributed by atoms with Gasteiger partial charge >= 0.3 is 0 Å². The average molecular weight is 181 g/mol. The van der Waals surface area contributed by atoms with Crippen LogP contribution in [0.4, 0.5) is 0 Å². The summed E-state index contributed by atoms with van der Waals surface area (Å²) >= 11 is 0. The second-order valence-corrected chi connectivity index (χ2v) is 2.66. The molecule has 1 rings (SSSR count). The first-order chi connectivity index (χ1) is 4.33. The molecule has 1 heteroatoms. The van der Waals surface area contributed by atoms with Crippen LogP contribution in [-0.4, -0.2) is 0 Å². The van der Waals surface area contributed by atoms with Gasteiger partial charge in [-0.1, -0.05) is 38.2 Å². The smallest absolute Gasteiger partial charge is 0.00619 e. The van der Waals surface area contributed by atoms with E-state index in [9.17, 15) is 0 Å². The van der Waals surface area contributed by atoms with E-state index < -0.39 is 0 Å². The maximum absolute atomic E-state index is 2.30. The molecule has 0 nitrogen and oxygen atoms in total. The van der Waals surface area contributed by atoms with E-state index >= 15 is 0 Å². The van der Waals surface area contributed by atoms with Gasteiger partial charge in [0, 0.05) is 21.9 Å². The van der Waals surface area contributed by atoms with Gasteiger partial charge in [0.15, 0.2) is 0 Å². The van der Waals surface area contributed by atoms with Crippen molar-refractivity contribution in [3.63, 3.8) is 0 Å². The summed E-state index contributed by atoms with van der Waals surface area (Å²) in [6.07, 6.45) is 11.4. The third-order valence-electron chi connectivity index (χ3n) is 2.28. The number of rotatable bonds is 2. The van der Waals surface area contributed by atoms with Crippen LogP contribution in [0.1, 0.15) is 26.7 Å². The molecular weight excluding hydrogens is 167 g/mol. The van der Waals surface area contributed by atoms with E-state index in [-0.39, 0.29) is 16.5 Å². The van der Waals surface area contributed by atoms with Gasteiger partial charge in [-0.05, 0) is 12.8 Å². The minimum atomic E-state index is 0. The van der Waals surface area contributed by atoms with E-state index in [1.807, 2.05) is 0 Å². The summed E-state index contributed by atoms with van der Waals surface area (Å²) in [5.74, 6) is 0. The van der Waals surface area contributed by atoms with Crippen molar-refractivity contribution in [1.82, 2.24) is 0 Å². The van der Waals surface area contributed by atoms with Crippen LogP contribution < -0.4 is 0 Å². The van der Waals surface area contributed by atoms with E-state index in [4.69, 9.17) is 0 Å². The van der Waals surface area contributed by atoms with Crippen molar-refractivity contribution in [2.45, 2.75) is 26.7 Å². The Morgan fingerprint density at radius 2 is 1.40 bits per heavy atom. The molecule has 1 aliphatic carbocycles. The first kappa shape index (κ1) is 9.97. The van der Waals surface area contributed by atoms with E-state index in [0.29, 0.717) is 5.41 Å². The number of hydrogen-bond donors (Lipinski definition) is 0. The molecular formula is C9H14Ni. The second-order valence-electron chi connectivity index (χ2n) is 2.66. The Morgan fingerprint density at radius 1 is 1.00 bits per heavy atom. The van der Waals surface area contributed by atoms with Crippen molar-refractivity contribution in [2.24, 2.45) is 5.41 Å². The van der Waals surface area contributed by atoms with Crippen LogP contribution in [0.5, 0.6) is 0 Å². The van der Waals surface area contributed by atoms with Crippen LogP contribution in [0.2, 0.25) is 0 Å². The fourth-order valence-corrected chi connectivity index (χ4v) is 1.27. The quantitative estimate of drug-likeness (QED) is 0.574. The van der Waals surface area contributed by atoms with Crippen LogP contribution >= 0.6 is 0 Å². The zero-order valence-electron chi connectivity index (χ0n) is 6.54. The normalized spacial score (nSPS) is 19.0. The van der Waals surface area contributed by atoms with E-state index in [2.05, 4.69) is 38.2 Å². The third-order valence-corrected chi connectivity index (χ3v) is 2.28. The van der Waals surface area contributed by atoms with Crippen molar-refractivity contribution in [3.8, 4) is 0 Å². The molecule has 0 aromatic heterocycles. The Bertz CT molecular complexity index is 127. The molecule has 0 unspecified atom stereocenters. The molecule has 0 bridgehead atoms. The molecule has 1 aliphatic rings. The maximum atomic E-state index is 2.30. The van der Waals surface area contributed by atoms with Crippen LogP contribution in [-0.2, 0) is 16.5 Å². The Balaban J connectivity index is 0.000000810. The van der Waals surface area contributed by atoms with Crippen LogP contribution in [0.15, 0.2) is 24.3 Å². The largest absolute Gasteiger partial charge is 0.0746 e. The van der Waals surface area contributed by atoms with Crippen molar-refractivity contribution in [2.75, 3.05) is 0 Å². The summed E-state index contributed by atoms with van der Waals surface area (Å²) < 4.78 is 0. The molecule has 0 aliphatic heterocycles. The van der Waals surface area contributed by atoms with Gasteiger partial charge in [-0.25, -0.2) is 0 Å². The summed E-state index contributed by atoms with van der Waals surface area (Å²) in [4.78, 5) is 0. The van der Waals surface area contributed by atoms with Crippen LogP contribution in [0.25, 0.3) is 0 Å². The second kappa shape index (κ2) is 3.98. The van der Waals surface area contributed by atoms with Gasteiger partial charge in [-0.2, -0.15) is 0 Å². The molecule has 10 heavy (non-hydrogen) atoms. The maximum Gasteiger partial charge on any atom is 0.00619 e. The zero-order valence-corrected chi connectivity index (χ0v) is 7.53. The van der Waals surface area contributed by atoms with Gasteiger partial charge < -0.3 is 0 Å². The summed E-state index contributed by atoms with van der Waals surface area (Å²) in [6, 6.07) is 0. The van der Waals surface area contributed by atoms with Gasteiger partial charge in [0.05, 0.1) is 0 Å². The first-order valence-electron chi connectivity index (χ1n) is 3.70. The van der Waals surface area contributed by atoms with Crippen molar-refractivity contribution >= 4 is 0 Å². The van der Waals surface area contributed by atoms with Gasteiger partial charge in [0.2, 0.25) is 0 Å². The molecule has 0 aromatic rings. The molecule has 0 saturated heterocycles. The van der Waals surface area contributed by atoms with Crippen LogP contribution in [0, 0.1) is 5.41 Å². The fraction of sp³-hybridized carbons (Fsp3) is 0.556. The Morgan fingerprint density at radius 3 is 1.60 bits per heavy atom. The van der Waals surface area contributed by atoms with E-state index in [1.165, 1.54) is 12.8 Å². The van der Waals surface area contributed by atoms with Crippen molar-refractivity contribution in [1.29, 1.82) is 0 Å². The number of allylic oxidation sites excluding steroid dienone is 4. The molecule has 0 amide bonds. The molecule has 0 radical (unpaired) electrons. The molecule has 0 spiro atoms. The summed E-state index contributed by atoms with van der Waals surface area (Å²) in [5, 5.41) is 0. The molecule has 0 atom stereocenters. The van der Waals surface area contributed by atoms with Gasteiger partial charge in [-0.15, -0.1) is 0 Å². The third kappa shape index (κ3) is 1.73. The van der Waals surface area contributed by atoms with Crippen molar-refractivity contribution < 1.29 is 16.5 Å². The topological polar surface area (TPSA) is 0 Å². The molecule has 0 aromatic carbocycles. The summed E-state index contributed by atoms with van der Waals surface area (Å²) in [5.41, 5.74) is 0.417. The minimum Gasteiger partial charge on any atom is -0.0746 e. The number of hydrogen-bond acceptors (Lipinski definition) is 0. The zero-order chi connectivity index (χ0) is 6.74. The molecule has 0 heterocycles. The average Bonchev–Trinajstić information content (AvgIpc) is 2.36. The van der Waals surface area contributed by atoms with Gasteiger partial charge in [0.1, 0.15) is 0 Å². The molecule has 0 N–H and O–H groups in total. The molecule has 0 saturated carbocycles. The predicted molar refractivity (Wildman–Crippen MR) is 41.3 cm³/mol. The minimum absolute atomic E-state index is 0. The monoisotopic (exact) mass is 180 g/mol. The standard InChI is InChI=1S/C9H14.Ni/c1-3-9(4-2)7-5-6-8-9;/h5-8H,3-4H2,1-2H3;. The Labute approximate surface area is 73.3 Å². The molecule has 60 valence electrons. The van der Waals surface area contributed by atoms with E-state index in [0.717, 1.165) is 0 Å². The van der Waals surface area contributed by atoms with Crippen LogP contribution in [0.3, 0.4) is 0 Å². The van der Waals surface area contributed by atoms with Gasteiger partial charge in [0.25, 0.3) is 0 Å². The predicted octanol–water partition coefficient (Wildman–Crippen LogP) is 2.92. The molecule has 0 fully saturated rings. The summed E-state index contributed by atoms with van der Waals surface area (Å²) in [7, 11) is 0. The SMILES string of the molecule is CCC1(CC)C=CC=C1.[Ni]. The Hall–Kier alpha value is -0.0265. The summed E-state index contributed by atoms with van der Waals surface area (Å²) in [6.45, 7) is 4.48. The first-order valence-corrected chi connectivity index (χ1v) is 3.70. The fourth-order valence-electron chi connectivity index (χ4n) is 1.27.